The van der Waals surface area contributed by atoms with Crippen molar-refractivity contribution in [2.45, 2.75) is 56.9 Å². The van der Waals surface area contributed by atoms with Gasteiger partial charge in [0.15, 0.2) is 0 Å². The fraction of sp³-hybridized carbons (Fsp3) is 0.381. The van der Waals surface area contributed by atoms with E-state index in [1.807, 2.05) is 19.9 Å². The van der Waals surface area contributed by atoms with Gasteiger partial charge in [-0.2, -0.15) is 0 Å². The molecule has 2 N–H and O–H groups in total. The average Bonchev–Trinajstić information content (AvgIpc) is 2.65. The van der Waals surface area contributed by atoms with Crippen molar-refractivity contribution < 1.29 is 13.2 Å². The van der Waals surface area contributed by atoms with Gasteiger partial charge in [-0.15, -0.1) is 0 Å². The monoisotopic (exact) mass is 420 g/mol. The molecule has 2 aromatic rings. The number of anilines is 1. The molecule has 0 spiro atoms. The number of carbonyl (C=O) groups is 1. The molecule has 1 amide bonds. The maximum Gasteiger partial charge on any atom is 0.263 e. The molecule has 3 rings (SSSR count). The van der Waals surface area contributed by atoms with Gasteiger partial charge in [-0.3, -0.25) is 9.52 Å². The van der Waals surface area contributed by atoms with E-state index >= 15 is 0 Å². The summed E-state index contributed by atoms with van der Waals surface area (Å²) in [4.78, 5) is 12.5. The van der Waals surface area contributed by atoms with Crippen molar-refractivity contribution in [2.75, 3.05) is 4.72 Å². The van der Waals surface area contributed by atoms with Crippen LogP contribution in [0.15, 0.2) is 41.3 Å². The second-order valence-corrected chi connectivity index (χ2v) is 9.42. The highest BCUT2D eigenvalue weighted by Gasteiger charge is 2.22. The van der Waals surface area contributed by atoms with Crippen LogP contribution in [0.25, 0.3) is 0 Å². The molecule has 2 aromatic carbocycles. The van der Waals surface area contributed by atoms with Crippen LogP contribution in [-0.4, -0.2) is 20.4 Å². The molecule has 0 aliphatic heterocycles. The summed E-state index contributed by atoms with van der Waals surface area (Å²) in [6.45, 7) is 3.87. The van der Waals surface area contributed by atoms with E-state index in [0.717, 1.165) is 36.8 Å². The Morgan fingerprint density at radius 2 is 1.71 bits per heavy atom. The predicted octanol–water partition coefficient (Wildman–Crippen LogP) is 4.82. The van der Waals surface area contributed by atoms with Crippen molar-refractivity contribution >= 4 is 33.2 Å². The van der Waals surface area contributed by atoms with Crippen molar-refractivity contribution in [1.29, 1.82) is 0 Å². The lowest BCUT2D eigenvalue weighted by atomic mass is 9.95. The van der Waals surface area contributed by atoms with Gasteiger partial charge >= 0.3 is 0 Å². The molecule has 1 fully saturated rings. The van der Waals surface area contributed by atoms with E-state index < -0.39 is 10.0 Å². The maximum atomic E-state index is 12.9. The summed E-state index contributed by atoms with van der Waals surface area (Å²) in [6, 6.07) is 9.80. The molecule has 1 aliphatic rings. The Labute approximate surface area is 171 Å². The van der Waals surface area contributed by atoms with Gasteiger partial charge < -0.3 is 5.32 Å². The molecule has 1 aliphatic carbocycles. The third kappa shape index (κ3) is 4.86. The highest BCUT2D eigenvalue weighted by Crippen LogP contribution is 2.26. The normalized spacial score (nSPS) is 15.2. The summed E-state index contributed by atoms with van der Waals surface area (Å²) in [5.41, 5.74) is 2.79. The summed E-state index contributed by atoms with van der Waals surface area (Å²) in [5, 5.41) is 3.07. The molecule has 150 valence electrons. The standard InChI is InChI=1S/C21H25ClN2O3S/c1-14-8-10-18(12-15(14)2)24-28(26,27)20-13-16(9-11-19(20)22)21(25)23-17-6-4-3-5-7-17/h8-13,17,24H,3-7H2,1-2H3,(H,23,25). The number of halogens is 1. The van der Waals surface area contributed by atoms with Gasteiger partial charge in [0, 0.05) is 17.3 Å². The second-order valence-electron chi connectivity index (χ2n) is 7.36. The van der Waals surface area contributed by atoms with Crippen molar-refractivity contribution in [1.82, 2.24) is 5.32 Å². The van der Waals surface area contributed by atoms with Crippen molar-refractivity contribution in [2.24, 2.45) is 0 Å². The number of benzene rings is 2. The second kappa shape index (κ2) is 8.53. The lowest BCUT2D eigenvalue weighted by Crippen LogP contribution is -2.36. The van der Waals surface area contributed by atoms with Crippen molar-refractivity contribution in [3.05, 3.63) is 58.1 Å². The van der Waals surface area contributed by atoms with E-state index in [1.54, 1.807) is 18.2 Å². The fourth-order valence-electron chi connectivity index (χ4n) is 3.38. The SMILES string of the molecule is Cc1ccc(NS(=O)(=O)c2cc(C(=O)NC3CCCCC3)ccc2Cl)cc1C. The number of sulfonamides is 1. The molecule has 0 aromatic heterocycles. The van der Waals surface area contributed by atoms with Crippen LogP contribution in [-0.2, 0) is 10.0 Å². The molecule has 0 bridgehead atoms. The Morgan fingerprint density at radius 1 is 1.00 bits per heavy atom. The average molecular weight is 421 g/mol. The molecular formula is C21H25ClN2O3S. The number of amides is 1. The third-order valence-electron chi connectivity index (χ3n) is 5.18. The number of rotatable bonds is 5. The number of hydrogen-bond acceptors (Lipinski definition) is 3. The van der Waals surface area contributed by atoms with Gasteiger partial charge in [-0.1, -0.05) is 36.9 Å². The van der Waals surface area contributed by atoms with Crippen molar-refractivity contribution in [3.63, 3.8) is 0 Å². The largest absolute Gasteiger partial charge is 0.349 e. The zero-order valence-electron chi connectivity index (χ0n) is 16.1. The zero-order chi connectivity index (χ0) is 20.3. The van der Waals surface area contributed by atoms with Gasteiger partial charge in [-0.25, -0.2) is 8.42 Å². The van der Waals surface area contributed by atoms with E-state index in [9.17, 15) is 13.2 Å². The van der Waals surface area contributed by atoms with E-state index in [2.05, 4.69) is 10.0 Å². The van der Waals surface area contributed by atoms with Crippen LogP contribution in [0.3, 0.4) is 0 Å². The molecular weight excluding hydrogens is 396 g/mol. The first-order valence-electron chi connectivity index (χ1n) is 9.47. The van der Waals surface area contributed by atoms with Crippen LogP contribution in [0.1, 0.15) is 53.6 Å². The van der Waals surface area contributed by atoms with Crippen LogP contribution in [0.4, 0.5) is 5.69 Å². The highest BCUT2D eigenvalue weighted by molar-refractivity contribution is 7.92. The van der Waals surface area contributed by atoms with Crippen LogP contribution in [0.2, 0.25) is 5.02 Å². The molecule has 0 atom stereocenters. The number of hydrogen-bond donors (Lipinski definition) is 2. The molecule has 0 unspecified atom stereocenters. The van der Waals surface area contributed by atoms with E-state index in [1.165, 1.54) is 18.6 Å². The van der Waals surface area contributed by atoms with Crippen LogP contribution < -0.4 is 10.0 Å². The van der Waals surface area contributed by atoms with E-state index in [0.29, 0.717) is 5.69 Å². The minimum absolute atomic E-state index is 0.0746. The lowest BCUT2D eigenvalue weighted by molar-refractivity contribution is 0.0927. The Morgan fingerprint density at radius 3 is 2.39 bits per heavy atom. The molecule has 7 heteroatoms. The molecule has 1 saturated carbocycles. The first kappa shape index (κ1) is 20.7. The van der Waals surface area contributed by atoms with Crippen LogP contribution >= 0.6 is 11.6 Å². The lowest BCUT2D eigenvalue weighted by Gasteiger charge is -2.23. The zero-order valence-corrected chi connectivity index (χ0v) is 17.7. The first-order chi connectivity index (χ1) is 13.3. The Bertz CT molecular complexity index is 983. The maximum absolute atomic E-state index is 12.9. The minimum atomic E-state index is -3.92. The Balaban J connectivity index is 1.83. The minimum Gasteiger partial charge on any atom is -0.349 e. The molecule has 0 heterocycles. The van der Waals surface area contributed by atoms with Gasteiger partial charge in [0.1, 0.15) is 4.90 Å². The first-order valence-corrected chi connectivity index (χ1v) is 11.3. The van der Waals surface area contributed by atoms with Crippen LogP contribution in [0.5, 0.6) is 0 Å². The molecule has 0 radical (unpaired) electrons. The van der Waals surface area contributed by atoms with Gasteiger partial charge in [0.25, 0.3) is 15.9 Å². The third-order valence-corrected chi connectivity index (χ3v) is 7.05. The Kier molecular flexibility index (Phi) is 6.30. The summed E-state index contributed by atoms with van der Waals surface area (Å²) in [5.74, 6) is -0.272. The molecule has 5 nitrogen and oxygen atoms in total. The quantitative estimate of drug-likeness (QED) is 0.728. The van der Waals surface area contributed by atoms with E-state index in [-0.39, 0.29) is 27.4 Å². The van der Waals surface area contributed by atoms with Gasteiger partial charge in [-0.05, 0) is 68.1 Å². The topological polar surface area (TPSA) is 75.3 Å². The number of aryl methyl sites for hydroxylation is 2. The van der Waals surface area contributed by atoms with Gasteiger partial charge in [0.05, 0.1) is 5.02 Å². The number of nitrogens with one attached hydrogen (secondary N) is 2. The summed E-state index contributed by atoms with van der Waals surface area (Å²) in [6.07, 6.45) is 5.31. The Hall–Kier alpha value is -2.05. The van der Waals surface area contributed by atoms with Crippen LogP contribution in [0, 0.1) is 13.8 Å². The van der Waals surface area contributed by atoms with E-state index in [4.69, 9.17) is 11.6 Å². The predicted molar refractivity (Wildman–Crippen MR) is 113 cm³/mol. The molecule has 0 saturated heterocycles. The summed E-state index contributed by atoms with van der Waals surface area (Å²) in [7, 11) is -3.92. The summed E-state index contributed by atoms with van der Waals surface area (Å²) < 4.78 is 28.3. The fourth-order valence-corrected chi connectivity index (χ4v) is 4.96. The smallest absolute Gasteiger partial charge is 0.263 e. The highest BCUT2D eigenvalue weighted by atomic mass is 35.5. The number of carbonyl (C=O) groups excluding carboxylic acids is 1. The van der Waals surface area contributed by atoms with Gasteiger partial charge in [0.2, 0.25) is 0 Å². The van der Waals surface area contributed by atoms with Crippen molar-refractivity contribution in [3.8, 4) is 0 Å². The molecule has 28 heavy (non-hydrogen) atoms. The summed E-state index contributed by atoms with van der Waals surface area (Å²) >= 11 is 6.15.